The number of nitrogens with zero attached hydrogens (tertiary/aromatic N) is 1. The van der Waals surface area contributed by atoms with Gasteiger partial charge in [0, 0.05) is 6.54 Å². The van der Waals surface area contributed by atoms with Crippen LogP contribution in [0.25, 0.3) is 0 Å². The number of carboxylic acid groups (broad SMARTS) is 1. The molecule has 1 aliphatic rings. The quantitative estimate of drug-likeness (QED) is 0.865. The molecule has 17 heavy (non-hydrogen) atoms. The molecule has 1 heterocycles. The Morgan fingerprint density at radius 3 is 3.06 bits per heavy atom. The first kappa shape index (κ1) is 12.1. The number of aliphatic carboxylic acids is 1. The van der Waals surface area contributed by atoms with E-state index < -0.39 is 5.97 Å². The Morgan fingerprint density at radius 1 is 1.53 bits per heavy atom. The highest BCUT2D eigenvalue weighted by Gasteiger charge is 2.29. The van der Waals surface area contributed by atoms with Gasteiger partial charge < -0.3 is 5.11 Å². The van der Waals surface area contributed by atoms with Crippen LogP contribution in [0.3, 0.4) is 0 Å². The second-order valence-corrected chi connectivity index (χ2v) is 4.77. The van der Waals surface area contributed by atoms with Crippen molar-refractivity contribution in [1.29, 1.82) is 0 Å². The lowest BCUT2D eigenvalue weighted by atomic mass is 10.1. The van der Waals surface area contributed by atoms with Crippen molar-refractivity contribution in [3.8, 4) is 0 Å². The normalized spacial score (nSPS) is 20.6. The molecule has 0 unspecified atom stereocenters. The van der Waals surface area contributed by atoms with Crippen LogP contribution in [0.15, 0.2) is 24.3 Å². The van der Waals surface area contributed by atoms with Crippen LogP contribution < -0.4 is 0 Å². The predicted octanol–water partition coefficient (Wildman–Crippen LogP) is 2.09. The number of hydrogen-bond donors (Lipinski definition) is 1. The van der Waals surface area contributed by atoms with E-state index in [9.17, 15) is 4.79 Å². The van der Waals surface area contributed by atoms with Crippen LogP contribution in [0.5, 0.6) is 0 Å². The molecule has 1 atom stereocenters. The van der Waals surface area contributed by atoms with Gasteiger partial charge in [-0.25, -0.2) is 0 Å². The highest BCUT2D eigenvalue weighted by molar-refractivity contribution is 5.73. The van der Waals surface area contributed by atoms with Crippen LogP contribution in [0.4, 0.5) is 0 Å². The number of hydrogen-bond acceptors (Lipinski definition) is 2. The average Bonchev–Trinajstić information content (AvgIpc) is 2.74. The summed E-state index contributed by atoms with van der Waals surface area (Å²) < 4.78 is 0. The molecule has 0 bridgehead atoms. The van der Waals surface area contributed by atoms with Gasteiger partial charge in [0.15, 0.2) is 0 Å². The smallest absolute Gasteiger partial charge is 0.320 e. The molecular weight excluding hydrogens is 214 g/mol. The van der Waals surface area contributed by atoms with Crippen LogP contribution in [-0.4, -0.2) is 35.1 Å². The summed E-state index contributed by atoms with van der Waals surface area (Å²) >= 11 is 0. The van der Waals surface area contributed by atoms with Crippen molar-refractivity contribution in [3.63, 3.8) is 0 Å². The van der Waals surface area contributed by atoms with Gasteiger partial charge in [-0.15, -0.1) is 0 Å². The van der Waals surface area contributed by atoms with E-state index in [2.05, 4.69) is 36.1 Å². The summed E-state index contributed by atoms with van der Waals surface area (Å²) in [5.41, 5.74) is 2.56. The average molecular weight is 233 g/mol. The third-order valence-electron chi connectivity index (χ3n) is 3.42. The van der Waals surface area contributed by atoms with Gasteiger partial charge in [0.2, 0.25) is 0 Å². The molecule has 3 nitrogen and oxygen atoms in total. The number of likely N-dealkylation sites (tertiary alicyclic amines) is 1. The number of rotatable bonds is 4. The molecule has 1 fully saturated rings. The monoisotopic (exact) mass is 233 g/mol. The molecule has 92 valence electrons. The van der Waals surface area contributed by atoms with E-state index in [0.717, 1.165) is 32.4 Å². The van der Waals surface area contributed by atoms with Crippen molar-refractivity contribution >= 4 is 5.97 Å². The van der Waals surface area contributed by atoms with Crippen molar-refractivity contribution in [3.05, 3.63) is 35.4 Å². The standard InChI is InChI=1S/C14H19NO2/c1-11-4-2-5-12(10-11)7-9-15-8-3-6-13(15)14(16)17/h2,4-5,10,13H,3,6-9H2,1H3,(H,16,17)/t13-/m1/s1. The fourth-order valence-electron chi connectivity index (χ4n) is 2.51. The van der Waals surface area contributed by atoms with E-state index in [1.54, 1.807) is 0 Å². The van der Waals surface area contributed by atoms with Gasteiger partial charge in [0.05, 0.1) is 0 Å². The Balaban J connectivity index is 1.91. The van der Waals surface area contributed by atoms with Crippen molar-refractivity contribution in [2.45, 2.75) is 32.2 Å². The minimum Gasteiger partial charge on any atom is -0.480 e. The first-order valence-corrected chi connectivity index (χ1v) is 6.19. The Morgan fingerprint density at radius 2 is 2.35 bits per heavy atom. The van der Waals surface area contributed by atoms with Crippen molar-refractivity contribution in [2.75, 3.05) is 13.1 Å². The minimum absolute atomic E-state index is 0.264. The molecule has 0 aliphatic carbocycles. The summed E-state index contributed by atoms with van der Waals surface area (Å²) in [6.45, 7) is 3.85. The molecule has 0 spiro atoms. The second-order valence-electron chi connectivity index (χ2n) is 4.77. The second kappa shape index (κ2) is 5.32. The third kappa shape index (κ3) is 3.07. The van der Waals surface area contributed by atoms with E-state index in [4.69, 9.17) is 5.11 Å². The highest BCUT2D eigenvalue weighted by Crippen LogP contribution is 2.18. The maximum atomic E-state index is 11.0. The summed E-state index contributed by atoms with van der Waals surface area (Å²) in [6, 6.07) is 8.16. The molecular formula is C14H19NO2. The molecule has 2 rings (SSSR count). The molecule has 0 aromatic heterocycles. The SMILES string of the molecule is Cc1cccc(CCN2CCC[C@@H]2C(=O)O)c1. The van der Waals surface area contributed by atoms with E-state index in [-0.39, 0.29) is 6.04 Å². The van der Waals surface area contributed by atoms with E-state index in [1.165, 1.54) is 11.1 Å². The van der Waals surface area contributed by atoms with Gasteiger partial charge in [0.25, 0.3) is 0 Å². The molecule has 0 radical (unpaired) electrons. The van der Waals surface area contributed by atoms with Gasteiger partial charge in [-0.3, -0.25) is 9.69 Å². The molecule has 1 aromatic carbocycles. The van der Waals surface area contributed by atoms with Gasteiger partial charge >= 0.3 is 5.97 Å². The molecule has 1 aliphatic heterocycles. The van der Waals surface area contributed by atoms with Crippen LogP contribution in [-0.2, 0) is 11.2 Å². The van der Waals surface area contributed by atoms with Gasteiger partial charge in [-0.05, 0) is 38.3 Å². The van der Waals surface area contributed by atoms with E-state index >= 15 is 0 Å². The lowest BCUT2D eigenvalue weighted by molar-refractivity contribution is -0.142. The van der Waals surface area contributed by atoms with Crippen LogP contribution in [0, 0.1) is 6.92 Å². The number of benzene rings is 1. The van der Waals surface area contributed by atoms with E-state index in [0.29, 0.717) is 0 Å². The Hall–Kier alpha value is -1.35. The summed E-state index contributed by atoms with van der Waals surface area (Å²) in [5, 5.41) is 9.08. The fourth-order valence-corrected chi connectivity index (χ4v) is 2.51. The Kier molecular flexibility index (Phi) is 3.79. The summed E-state index contributed by atoms with van der Waals surface area (Å²) in [7, 11) is 0. The van der Waals surface area contributed by atoms with E-state index in [1.807, 2.05) is 0 Å². The molecule has 0 amide bonds. The summed E-state index contributed by atoms with van der Waals surface area (Å²) in [4.78, 5) is 13.1. The topological polar surface area (TPSA) is 40.5 Å². The summed E-state index contributed by atoms with van der Waals surface area (Å²) in [5.74, 6) is -0.674. The Bertz CT molecular complexity index is 403. The lowest BCUT2D eigenvalue weighted by Gasteiger charge is -2.20. The minimum atomic E-state index is -0.674. The van der Waals surface area contributed by atoms with Crippen LogP contribution >= 0.6 is 0 Å². The fraction of sp³-hybridized carbons (Fsp3) is 0.500. The lowest BCUT2D eigenvalue weighted by Crippen LogP contribution is -2.37. The van der Waals surface area contributed by atoms with Crippen molar-refractivity contribution in [2.24, 2.45) is 0 Å². The van der Waals surface area contributed by atoms with Crippen molar-refractivity contribution < 1.29 is 9.90 Å². The molecule has 1 N–H and O–H groups in total. The number of carboxylic acids is 1. The zero-order chi connectivity index (χ0) is 12.3. The third-order valence-corrected chi connectivity index (χ3v) is 3.42. The largest absolute Gasteiger partial charge is 0.480 e. The maximum absolute atomic E-state index is 11.0. The van der Waals surface area contributed by atoms with Gasteiger partial charge in [0.1, 0.15) is 6.04 Å². The zero-order valence-electron chi connectivity index (χ0n) is 10.2. The van der Waals surface area contributed by atoms with Crippen LogP contribution in [0.2, 0.25) is 0 Å². The predicted molar refractivity (Wildman–Crippen MR) is 67.1 cm³/mol. The Labute approximate surface area is 102 Å². The zero-order valence-corrected chi connectivity index (χ0v) is 10.2. The molecule has 1 aromatic rings. The first-order valence-electron chi connectivity index (χ1n) is 6.19. The highest BCUT2D eigenvalue weighted by atomic mass is 16.4. The van der Waals surface area contributed by atoms with Gasteiger partial charge in [-0.2, -0.15) is 0 Å². The molecule has 0 saturated carbocycles. The number of aryl methyl sites for hydroxylation is 1. The maximum Gasteiger partial charge on any atom is 0.320 e. The number of carbonyl (C=O) groups is 1. The summed E-state index contributed by atoms with van der Waals surface area (Å²) in [6.07, 6.45) is 2.74. The molecule has 1 saturated heterocycles. The first-order chi connectivity index (χ1) is 8.16. The van der Waals surface area contributed by atoms with Crippen molar-refractivity contribution in [1.82, 2.24) is 4.90 Å². The van der Waals surface area contributed by atoms with Gasteiger partial charge in [-0.1, -0.05) is 29.8 Å². The van der Waals surface area contributed by atoms with Crippen LogP contribution in [0.1, 0.15) is 24.0 Å². The molecule has 3 heteroatoms.